The molecule has 1 aromatic carbocycles. The number of carboxylic acid groups (broad SMARTS) is 1. The summed E-state index contributed by atoms with van der Waals surface area (Å²) >= 11 is 0. The molecule has 0 aliphatic heterocycles. The second kappa shape index (κ2) is 9.24. The molecule has 1 heterocycles. The van der Waals surface area contributed by atoms with Crippen LogP contribution in [0.25, 0.3) is 0 Å². The lowest BCUT2D eigenvalue weighted by Crippen LogP contribution is -2.40. The van der Waals surface area contributed by atoms with Gasteiger partial charge in [0, 0.05) is 25.9 Å². The number of aromatic nitrogens is 1. The highest BCUT2D eigenvalue weighted by Crippen LogP contribution is 2.19. The average molecular weight is 391 g/mol. The largest absolute Gasteiger partial charge is 0.481 e. The lowest BCUT2D eigenvalue weighted by Gasteiger charge is -2.21. The molecule has 144 valence electrons. The van der Waals surface area contributed by atoms with Crippen LogP contribution in [0.1, 0.15) is 24.4 Å². The van der Waals surface area contributed by atoms with E-state index in [1.165, 1.54) is 31.6 Å². The summed E-state index contributed by atoms with van der Waals surface area (Å²) in [6.07, 6.45) is 2.75. The molecule has 2 aromatic rings. The van der Waals surface area contributed by atoms with E-state index < -0.39 is 34.5 Å². The van der Waals surface area contributed by atoms with Crippen molar-refractivity contribution in [1.29, 1.82) is 0 Å². The van der Waals surface area contributed by atoms with Crippen molar-refractivity contribution in [2.75, 3.05) is 13.6 Å². The summed E-state index contributed by atoms with van der Waals surface area (Å²) in [5, 5.41) is 11.6. The minimum atomic E-state index is -3.84. The summed E-state index contributed by atoms with van der Waals surface area (Å²) in [5.41, 5.74) is 0.755. The van der Waals surface area contributed by atoms with Gasteiger partial charge in [-0.15, -0.1) is 0 Å². The zero-order valence-corrected chi connectivity index (χ0v) is 15.6. The van der Waals surface area contributed by atoms with Gasteiger partial charge < -0.3 is 10.4 Å². The Bertz CT molecular complexity index is 872. The first kappa shape index (κ1) is 20.5. The maximum Gasteiger partial charge on any atom is 0.303 e. The van der Waals surface area contributed by atoms with E-state index >= 15 is 0 Å². The van der Waals surface area contributed by atoms with Gasteiger partial charge in [0.25, 0.3) is 0 Å². The Morgan fingerprint density at radius 3 is 2.48 bits per heavy atom. The predicted octanol–water partition coefficient (Wildman–Crippen LogP) is 1.42. The van der Waals surface area contributed by atoms with Crippen molar-refractivity contribution in [2.24, 2.45) is 0 Å². The molecule has 0 spiro atoms. The number of carboxylic acids is 1. The Morgan fingerprint density at radius 1 is 1.19 bits per heavy atom. The number of carbonyl (C=O) groups excluding carboxylic acids is 1. The van der Waals surface area contributed by atoms with Crippen molar-refractivity contribution >= 4 is 21.9 Å². The number of hydrogen-bond acceptors (Lipinski definition) is 5. The normalized spacial score (nSPS) is 12.5. The molecule has 2 N–H and O–H groups in total. The van der Waals surface area contributed by atoms with Crippen molar-refractivity contribution in [2.45, 2.75) is 23.8 Å². The van der Waals surface area contributed by atoms with Crippen LogP contribution in [0.5, 0.6) is 0 Å². The number of sulfonamides is 1. The van der Waals surface area contributed by atoms with Crippen molar-refractivity contribution in [3.8, 4) is 0 Å². The summed E-state index contributed by atoms with van der Waals surface area (Å²) in [5.74, 6) is -1.49. The number of aliphatic carboxylic acids is 1. The van der Waals surface area contributed by atoms with E-state index in [-0.39, 0.29) is 17.7 Å². The van der Waals surface area contributed by atoms with E-state index in [0.717, 1.165) is 9.87 Å². The van der Waals surface area contributed by atoms with Gasteiger partial charge in [-0.2, -0.15) is 4.31 Å². The molecule has 0 aliphatic rings. The first-order valence-electron chi connectivity index (χ1n) is 8.23. The number of nitrogens with one attached hydrogen (secondary N) is 1. The summed E-state index contributed by atoms with van der Waals surface area (Å²) in [6, 6.07) is 11.3. The first-order chi connectivity index (χ1) is 12.8. The smallest absolute Gasteiger partial charge is 0.303 e. The van der Waals surface area contributed by atoms with E-state index in [4.69, 9.17) is 5.11 Å². The number of benzene rings is 1. The van der Waals surface area contributed by atoms with Crippen LogP contribution >= 0.6 is 0 Å². The van der Waals surface area contributed by atoms with Crippen LogP contribution in [0.3, 0.4) is 0 Å². The lowest BCUT2D eigenvalue weighted by atomic mass is 10.0. The molecule has 27 heavy (non-hydrogen) atoms. The average Bonchev–Trinajstić information content (AvgIpc) is 2.66. The van der Waals surface area contributed by atoms with E-state index in [0.29, 0.717) is 0 Å². The highest BCUT2D eigenvalue weighted by molar-refractivity contribution is 7.89. The Labute approximate surface area is 157 Å². The van der Waals surface area contributed by atoms with Gasteiger partial charge in [-0.05, 0) is 24.1 Å². The SMILES string of the molecule is CN(CC(=O)NC(CCC(=O)O)c1ccccc1)S(=O)(=O)c1cccnc1. The number of pyridine rings is 1. The molecular formula is C18H21N3O5S. The molecule has 9 heteroatoms. The third-order valence-electron chi connectivity index (χ3n) is 3.89. The molecule has 0 bridgehead atoms. The summed E-state index contributed by atoms with van der Waals surface area (Å²) < 4.78 is 25.9. The van der Waals surface area contributed by atoms with Crippen molar-refractivity contribution in [1.82, 2.24) is 14.6 Å². The van der Waals surface area contributed by atoms with Gasteiger partial charge in [0.15, 0.2) is 0 Å². The van der Waals surface area contributed by atoms with E-state index in [9.17, 15) is 18.0 Å². The van der Waals surface area contributed by atoms with Crippen molar-refractivity contribution in [3.63, 3.8) is 0 Å². The van der Waals surface area contributed by atoms with Gasteiger partial charge in [-0.3, -0.25) is 14.6 Å². The molecule has 2 rings (SSSR count). The van der Waals surface area contributed by atoms with Crippen LogP contribution in [-0.2, 0) is 19.6 Å². The highest BCUT2D eigenvalue weighted by atomic mass is 32.2. The van der Waals surface area contributed by atoms with Crippen molar-refractivity contribution < 1.29 is 23.1 Å². The zero-order valence-electron chi connectivity index (χ0n) is 14.8. The van der Waals surface area contributed by atoms with Crippen LogP contribution in [0.2, 0.25) is 0 Å². The summed E-state index contributed by atoms with van der Waals surface area (Å²) in [6.45, 7) is -0.395. The Kier molecular flexibility index (Phi) is 7.03. The van der Waals surface area contributed by atoms with Gasteiger partial charge in [0.1, 0.15) is 4.90 Å². The molecule has 1 aromatic heterocycles. The highest BCUT2D eigenvalue weighted by Gasteiger charge is 2.24. The van der Waals surface area contributed by atoms with Gasteiger partial charge in [0.2, 0.25) is 15.9 Å². The topological polar surface area (TPSA) is 117 Å². The lowest BCUT2D eigenvalue weighted by molar-refractivity contribution is -0.137. The molecular weight excluding hydrogens is 370 g/mol. The molecule has 8 nitrogen and oxygen atoms in total. The van der Waals surface area contributed by atoms with E-state index in [1.54, 1.807) is 24.3 Å². The Morgan fingerprint density at radius 2 is 1.89 bits per heavy atom. The van der Waals surface area contributed by atoms with Gasteiger partial charge in [-0.1, -0.05) is 30.3 Å². The summed E-state index contributed by atoms with van der Waals surface area (Å²) in [4.78, 5) is 27.0. The molecule has 1 unspecified atom stereocenters. The second-order valence-corrected chi connectivity index (χ2v) is 7.96. The maximum atomic E-state index is 12.5. The maximum absolute atomic E-state index is 12.5. The van der Waals surface area contributed by atoms with E-state index in [1.807, 2.05) is 6.07 Å². The number of carbonyl (C=O) groups is 2. The molecule has 0 aliphatic carbocycles. The van der Waals surface area contributed by atoms with Crippen LogP contribution in [0.15, 0.2) is 59.8 Å². The second-order valence-electron chi connectivity index (χ2n) is 5.91. The minimum absolute atomic E-state index is 0.00853. The molecule has 1 atom stereocenters. The first-order valence-corrected chi connectivity index (χ1v) is 9.67. The van der Waals surface area contributed by atoms with Gasteiger partial charge in [0.05, 0.1) is 12.6 Å². The molecule has 0 fully saturated rings. The molecule has 0 saturated carbocycles. The summed E-state index contributed by atoms with van der Waals surface area (Å²) in [7, 11) is -2.54. The van der Waals surface area contributed by atoms with Crippen LogP contribution in [0, 0.1) is 0 Å². The molecule has 1 amide bonds. The monoisotopic (exact) mass is 391 g/mol. The van der Waals surface area contributed by atoms with Crippen LogP contribution in [0.4, 0.5) is 0 Å². The van der Waals surface area contributed by atoms with Crippen molar-refractivity contribution in [3.05, 3.63) is 60.4 Å². The zero-order chi connectivity index (χ0) is 19.9. The minimum Gasteiger partial charge on any atom is -0.481 e. The number of hydrogen-bond donors (Lipinski definition) is 2. The Balaban J connectivity index is 2.07. The van der Waals surface area contributed by atoms with E-state index in [2.05, 4.69) is 10.3 Å². The standard InChI is InChI=1S/C18H21N3O5S/c1-21(27(25,26)15-8-5-11-19-12-15)13-17(22)20-16(9-10-18(23)24)14-6-3-2-4-7-14/h2-8,11-12,16H,9-10,13H2,1H3,(H,20,22)(H,23,24). The molecule has 0 saturated heterocycles. The third-order valence-corrected chi connectivity index (χ3v) is 5.68. The van der Waals surface area contributed by atoms with Crippen LogP contribution < -0.4 is 5.32 Å². The fourth-order valence-corrected chi connectivity index (χ4v) is 3.57. The van der Waals surface area contributed by atoms with Gasteiger partial charge in [-0.25, -0.2) is 8.42 Å². The number of nitrogens with zero attached hydrogens (tertiary/aromatic N) is 2. The third kappa shape index (κ3) is 5.87. The van der Waals surface area contributed by atoms with Crippen LogP contribution in [-0.4, -0.2) is 48.3 Å². The number of amides is 1. The fraction of sp³-hybridized carbons (Fsp3) is 0.278. The quantitative estimate of drug-likeness (QED) is 0.668. The molecule has 0 radical (unpaired) electrons. The predicted molar refractivity (Wildman–Crippen MR) is 98.2 cm³/mol. The van der Waals surface area contributed by atoms with Gasteiger partial charge >= 0.3 is 5.97 Å². The number of rotatable bonds is 9. The Hall–Kier alpha value is -2.78. The fourth-order valence-electron chi connectivity index (χ4n) is 2.48. The number of likely N-dealkylation sites (N-methyl/N-ethyl adjacent to an activating group) is 1.